The minimum absolute atomic E-state index is 0.0348. The quantitative estimate of drug-likeness (QED) is 0.428. The molecule has 0 radical (unpaired) electrons. The van der Waals surface area contributed by atoms with Gasteiger partial charge in [0.05, 0.1) is 18.3 Å². The lowest BCUT2D eigenvalue weighted by Crippen LogP contribution is -2.45. The van der Waals surface area contributed by atoms with Gasteiger partial charge in [0.2, 0.25) is 0 Å². The Bertz CT molecular complexity index is 812. The predicted molar refractivity (Wildman–Crippen MR) is 106 cm³/mol. The lowest BCUT2D eigenvalue weighted by atomic mass is 10.0. The van der Waals surface area contributed by atoms with E-state index in [1.165, 1.54) is 30.6 Å². The van der Waals surface area contributed by atoms with Crippen molar-refractivity contribution in [1.29, 1.82) is 0 Å². The standard InChI is InChI=1S/C19H22ClN3O3S/c1-11(2)15(18(25)26-4)22-17(24)16-14(20)9-21-19(23-16)27-10-13-7-5-12(3)6-8-13/h5-9,11,15H,10H2,1-4H3,(H,22,24). The number of nitrogens with one attached hydrogen (secondary N) is 1. The molecular formula is C19H22ClN3O3S. The smallest absolute Gasteiger partial charge is 0.328 e. The summed E-state index contributed by atoms with van der Waals surface area (Å²) in [6, 6.07) is 7.37. The van der Waals surface area contributed by atoms with Gasteiger partial charge in [0.1, 0.15) is 6.04 Å². The van der Waals surface area contributed by atoms with Crippen molar-refractivity contribution in [3.63, 3.8) is 0 Å². The van der Waals surface area contributed by atoms with Crippen LogP contribution in [0.5, 0.6) is 0 Å². The molecule has 0 fully saturated rings. The third-order valence-corrected chi connectivity index (χ3v) is 5.04. The summed E-state index contributed by atoms with van der Waals surface area (Å²) in [5.74, 6) is -0.529. The Morgan fingerprint density at radius 2 is 1.93 bits per heavy atom. The highest BCUT2D eigenvalue weighted by Gasteiger charge is 2.27. The number of halogens is 1. The van der Waals surface area contributed by atoms with Crippen LogP contribution in [-0.4, -0.2) is 35.0 Å². The SMILES string of the molecule is COC(=O)C(NC(=O)c1nc(SCc2ccc(C)cc2)ncc1Cl)C(C)C. The van der Waals surface area contributed by atoms with Crippen LogP contribution in [0.15, 0.2) is 35.6 Å². The second-order valence-corrected chi connectivity index (χ2v) is 7.69. The Hall–Kier alpha value is -2.12. The predicted octanol–water partition coefficient (Wildman–Crippen LogP) is 3.66. The Labute approximate surface area is 168 Å². The van der Waals surface area contributed by atoms with Gasteiger partial charge in [-0.25, -0.2) is 14.8 Å². The molecule has 144 valence electrons. The number of hydrogen-bond acceptors (Lipinski definition) is 6. The van der Waals surface area contributed by atoms with Crippen molar-refractivity contribution < 1.29 is 14.3 Å². The summed E-state index contributed by atoms with van der Waals surface area (Å²) in [6.07, 6.45) is 1.39. The number of nitrogens with zero attached hydrogens (tertiary/aromatic N) is 2. The highest BCUT2D eigenvalue weighted by Crippen LogP contribution is 2.22. The maximum Gasteiger partial charge on any atom is 0.328 e. The molecule has 27 heavy (non-hydrogen) atoms. The van der Waals surface area contributed by atoms with Crippen molar-refractivity contribution in [3.8, 4) is 0 Å². The van der Waals surface area contributed by atoms with Crippen molar-refractivity contribution in [2.45, 2.75) is 37.7 Å². The molecule has 0 aliphatic carbocycles. The van der Waals surface area contributed by atoms with E-state index in [2.05, 4.69) is 15.3 Å². The molecule has 1 heterocycles. The van der Waals surface area contributed by atoms with Crippen LogP contribution in [0.2, 0.25) is 5.02 Å². The van der Waals surface area contributed by atoms with E-state index in [9.17, 15) is 9.59 Å². The molecule has 0 spiro atoms. The van der Waals surface area contributed by atoms with Crippen molar-refractivity contribution >= 4 is 35.2 Å². The van der Waals surface area contributed by atoms with Gasteiger partial charge in [-0.05, 0) is 18.4 Å². The molecule has 1 N–H and O–H groups in total. The number of carbonyl (C=O) groups excluding carboxylic acids is 2. The minimum atomic E-state index is -0.780. The molecule has 0 saturated heterocycles. The van der Waals surface area contributed by atoms with Crippen LogP contribution in [0.1, 0.15) is 35.5 Å². The summed E-state index contributed by atoms with van der Waals surface area (Å²) >= 11 is 7.49. The largest absolute Gasteiger partial charge is 0.467 e. The molecule has 8 heteroatoms. The maximum atomic E-state index is 12.6. The highest BCUT2D eigenvalue weighted by molar-refractivity contribution is 7.98. The van der Waals surface area contributed by atoms with Crippen molar-refractivity contribution in [1.82, 2.24) is 15.3 Å². The average Bonchev–Trinajstić information content (AvgIpc) is 2.65. The van der Waals surface area contributed by atoms with Crippen LogP contribution in [0.25, 0.3) is 0 Å². The molecule has 1 aromatic heterocycles. The molecule has 0 aliphatic heterocycles. The number of methoxy groups -OCH3 is 1. The fourth-order valence-corrected chi connectivity index (χ4v) is 3.19. The third-order valence-electron chi connectivity index (χ3n) is 3.83. The van der Waals surface area contributed by atoms with Gasteiger partial charge in [0.25, 0.3) is 5.91 Å². The number of ether oxygens (including phenoxy) is 1. The van der Waals surface area contributed by atoms with Gasteiger partial charge in [-0.3, -0.25) is 4.79 Å². The number of rotatable bonds is 7. The molecular weight excluding hydrogens is 386 g/mol. The third kappa shape index (κ3) is 5.94. The zero-order chi connectivity index (χ0) is 20.0. The molecule has 1 atom stereocenters. The Balaban J connectivity index is 2.12. The van der Waals surface area contributed by atoms with Gasteiger partial charge < -0.3 is 10.1 Å². The molecule has 1 amide bonds. The first-order valence-electron chi connectivity index (χ1n) is 8.41. The van der Waals surface area contributed by atoms with E-state index in [0.717, 1.165) is 5.56 Å². The average molecular weight is 408 g/mol. The van der Waals surface area contributed by atoms with Crippen LogP contribution < -0.4 is 5.32 Å². The van der Waals surface area contributed by atoms with Crippen molar-refractivity contribution in [2.24, 2.45) is 5.92 Å². The number of amides is 1. The number of carbonyl (C=O) groups is 2. The summed E-state index contributed by atoms with van der Waals surface area (Å²) < 4.78 is 4.74. The first-order chi connectivity index (χ1) is 12.8. The monoisotopic (exact) mass is 407 g/mol. The zero-order valence-corrected chi connectivity index (χ0v) is 17.2. The molecule has 1 aromatic carbocycles. The number of benzene rings is 1. The summed E-state index contributed by atoms with van der Waals surface area (Å²) in [7, 11) is 1.28. The van der Waals surface area contributed by atoms with E-state index in [1.807, 2.05) is 45.0 Å². The maximum absolute atomic E-state index is 12.6. The van der Waals surface area contributed by atoms with Crippen LogP contribution >= 0.6 is 23.4 Å². The molecule has 0 bridgehead atoms. The fraction of sp³-hybridized carbons (Fsp3) is 0.368. The second kappa shape index (κ2) is 9.71. The van der Waals surface area contributed by atoms with E-state index in [0.29, 0.717) is 10.9 Å². The topological polar surface area (TPSA) is 81.2 Å². The van der Waals surface area contributed by atoms with E-state index in [-0.39, 0.29) is 16.6 Å². The first kappa shape index (κ1) is 21.2. The Morgan fingerprint density at radius 1 is 1.26 bits per heavy atom. The lowest BCUT2D eigenvalue weighted by molar-refractivity contribution is -0.144. The van der Waals surface area contributed by atoms with Gasteiger partial charge in [-0.1, -0.05) is 67.0 Å². The summed E-state index contributed by atoms with van der Waals surface area (Å²) in [5, 5.41) is 3.19. The van der Waals surface area contributed by atoms with Crippen LogP contribution in [-0.2, 0) is 15.3 Å². The van der Waals surface area contributed by atoms with E-state index in [4.69, 9.17) is 16.3 Å². The lowest BCUT2D eigenvalue weighted by Gasteiger charge is -2.19. The van der Waals surface area contributed by atoms with Crippen molar-refractivity contribution in [2.75, 3.05) is 7.11 Å². The number of thioether (sulfide) groups is 1. The van der Waals surface area contributed by atoms with Gasteiger partial charge in [-0.2, -0.15) is 0 Å². The number of hydrogen-bond donors (Lipinski definition) is 1. The second-order valence-electron chi connectivity index (χ2n) is 6.34. The summed E-state index contributed by atoms with van der Waals surface area (Å²) in [6.45, 7) is 5.65. The molecule has 0 saturated carbocycles. The number of aromatic nitrogens is 2. The molecule has 2 rings (SSSR count). The molecule has 1 unspecified atom stereocenters. The Morgan fingerprint density at radius 3 is 2.52 bits per heavy atom. The Kier molecular flexibility index (Phi) is 7.62. The van der Waals surface area contributed by atoms with E-state index < -0.39 is 17.9 Å². The van der Waals surface area contributed by atoms with Gasteiger partial charge in [0, 0.05) is 5.75 Å². The summed E-state index contributed by atoms with van der Waals surface area (Å²) in [5.41, 5.74) is 2.35. The van der Waals surface area contributed by atoms with Gasteiger partial charge in [0.15, 0.2) is 10.9 Å². The molecule has 0 aliphatic rings. The zero-order valence-electron chi connectivity index (χ0n) is 15.7. The van der Waals surface area contributed by atoms with Gasteiger partial charge in [-0.15, -0.1) is 0 Å². The molecule has 2 aromatic rings. The summed E-state index contributed by atoms with van der Waals surface area (Å²) in [4.78, 5) is 32.8. The van der Waals surface area contributed by atoms with Crippen LogP contribution in [0, 0.1) is 12.8 Å². The highest BCUT2D eigenvalue weighted by atomic mass is 35.5. The van der Waals surface area contributed by atoms with Crippen molar-refractivity contribution in [3.05, 3.63) is 52.3 Å². The van der Waals surface area contributed by atoms with E-state index in [1.54, 1.807) is 0 Å². The minimum Gasteiger partial charge on any atom is -0.467 e. The fourth-order valence-electron chi connectivity index (χ4n) is 2.25. The normalized spacial score (nSPS) is 11.9. The first-order valence-corrected chi connectivity index (χ1v) is 9.77. The van der Waals surface area contributed by atoms with Gasteiger partial charge >= 0.3 is 5.97 Å². The number of esters is 1. The van der Waals surface area contributed by atoms with Crippen LogP contribution in [0.3, 0.4) is 0 Å². The van der Waals surface area contributed by atoms with Crippen LogP contribution in [0.4, 0.5) is 0 Å². The molecule has 6 nitrogen and oxygen atoms in total. The number of aryl methyl sites for hydroxylation is 1. The van der Waals surface area contributed by atoms with E-state index >= 15 is 0 Å².